The highest BCUT2D eigenvalue weighted by Gasteiger charge is 2.14. The number of aromatic nitrogens is 1. The van der Waals surface area contributed by atoms with E-state index in [0.717, 1.165) is 12.1 Å². The van der Waals surface area contributed by atoms with Crippen molar-refractivity contribution in [3.8, 4) is 11.3 Å². The molecule has 2 aromatic rings. The third-order valence-corrected chi connectivity index (χ3v) is 2.99. The number of nitrogens with zero attached hydrogens (tertiary/aromatic N) is 1. The SMILES string of the molecule is O=S(=O)(Cl)Cc1cc(-c2cc(F)cc(F)c2)on1. The largest absolute Gasteiger partial charge is 0.356 e. The van der Waals surface area contributed by atoms with Crippen molar-refractivity contribution < 1.29 is 21.7 Å². The third kappa shape index (κ3) is 3.27. The van der Waals surface area contributed by atoms with Crippen LogP contribution in [-0.2, 0) is 14.8 Å². The van der Waals surface area contributed by atoms with Crippen LogP contribution in [0, 0.1) is 11.6 Å². The second kappa shape index (κ2) is 4.66. The molecule has 0 spiro atoms. The smallest absolute Gasteiger partial charge is 0.238 e. The van der Waals surface area contributed by atoms with Crippen LogP contribution in [0.1, 0.15) is 5.69 Å². The van der Waals surface area contributed by atoms with E-state index in [1.165, 1.54) is 6.07 Å². The van der Waals surface area contributed by atoms with E-state index in [1.54, 1.807) is 0 Å². The number of halogens is 3. The molecule has 1 aromatic heterocycles. The number of hydrogen-bond donors (Lipinski definition) is 0. The summed E-state index contributed by atoms with van der Waals surface area (Å²) in [6.45, 7) is 0. The summed E-state index contributed by atoms with van der Waals surface area (Å²) in [6, 6.07) is 4.06. The molecule has 0 unspecified atom stereocenters. The van der Waals surface area contributed by atoms with E-state index in [0.29, 0.717) is 6.07 Å². The predicted octanol–water partition coefficient (Wildman–Crippen LogP) is 2.69. The van der Waals surface area contributed by atoms with Crippen LogP contribution >= 0.6 is 10.7 Å². The van der Waals surface area contributed by atoms with Gasteiger partial charge < -0.3 is 4.52 Å². The minimum absolute atomic E-state index is 0.0590. The molecule has 0 atom stereocenters. The first-order valence-corrected chi connectivity index (χ1v) is 7.16. The Bertz CT molecular complexity index is 664. The monoisotopic (exact) mass is 293 g/mol. The molecule has 0 aliphatic heterocycles. The molecule has 0 bridgehead atoms. The fourth-order valence-corrected chi connectivity index (χ4v) is 2.21. The normalized spacial score (nSPS) is 11.7. The van der Waals surface area contributed by atoms with Gasteiger partial charge in [0.1, 0.15) is 23.1 Å². The Kier molecular flexibility index (Phi) is 3.36. The van der Waals surface area contributed by atoms with Gasteiger partial charge in [-0.15, -0.1) is 0 Å². The quantitative estimate of drug-likeness (QED) is 0.816. The van der Waals surface area contributed by atoms with Crippen molar-refractivity contribution >= 4 is 19.7 Å². The predicted molar refractivity (Wildman–Crippen MR) is 60.3 cm³/mol. The fraction of sp³-hybridized carbons (Fsp3) is 0.100. The summed E-state index contributed by atoms with van der Waals surface area (Å²) in [6.07, 6.45) is 0. The molecule has 0 N–H and O–H groups in total. The van der Waals surface area contributed by atoms with Crippen LogP contribution < -0.4 is 0 Å². The maximum absolute atomic E-state index is 13.0. The summed E-state index contributed by atoms with van der Waals surface area (Å²) in [5.74, 6) is -2.00. The molecule has 2 rings (SSSR count). The van der Waals surface area contributed by atoms with Gasteiger partial charge >= 0.3 is 0 Å². The Hall–Kier alpha value is -1.47. The zero-order valence-electron chi connectivity index (χ0n) is 8.73. The zero-order chi connectivity index (χ0) is 13.3. The van der Waals surface area contributed by atoms with Crippen molar-refractivity contribution in [2.24, 2.45) is 0 Å². The molecule has 0 saturated heterocycles. The standard InChI is InChI=1S/C10H6ClF2NO3S/c11-18(15,16)5-9-4-10(17-14-9)6-1-7(12)3-8(13)2-6/h1-4H,5H2. The van der Waals surface area contributed by atoms with Crippen molar-refractivity contribution in [2.45, 2.75) is 5.75 Å². The zero-order valence-corrected chi connectivity index (χ0v) is 10.3. The molecular formula is C10H6ClF2NO3S. The molecule has 1 heterocycles. The summed E-state index contributed by atoms with van der Waals surface area (Å²) in [4.78, 5) is 0. The lowest BCUT2D eigenvalue weighted by Crippen LogP contribution is -1.94. The minimum Gasteiger partial charge on any atom is -0.356 e. The van der Waals surface area contributed by atoms with E-state index in [-0.39, 0.29) is 17.0 Å². The highest BCUT2D eigenvalue weighted by atomic mass is 35.7. The Morgan fingerprint density at radius 2 is 1.78 bits per heavy atom. The van der Waals surface area contributed by atoms with Crippen LogP contribution in [-0.4, -0.2) is 13.6 Å². The second-order valence-electron chi connectivity index (χ2n) is 3.52. The second-order valence-corrected chi connectivity index (χ2v) is 6.30. The molecule has 0 amide bonds. The summed E-state index contributed by atoms with van der Waals surface area (Å²) in [5.41, 5.74) is 0.183. The van der Waals surface area contributed by atoms with E-state index in [9.17, 15) is 17.2 Å². The number of benzene rings is 1. The molecule has 4 nitrogen and oxygen atoms in total. The Morgan fingerprint density at radius 1 is 1.17 bits per heavy atom. The van der Waals surface area contributed by atoms with E-state index in [4.69, 9.17) is 15.2 Å². The summed E-state index contributed by atoms with van der Waals surface area (Å²) < 4.78 is 52.4. The average Bonchev–Trinajstić information content (AvgIpc) is 2.61. The molecule has 18 heavy (non-hydrogen) atoms. The lowest BCUT2D eigenvalue weighted by Gasteiger charge is -1.96. The highest BCUT2D eigenvalue weighted by Crippen LogP contribution is 2.23. The number of hydrogen-bond acceptors (Lipinski definition) is 4. The van der Waals surface area contributed by atoms with Gasteiger partial charge in [0.25, 0.3) is 0 Å². The van der Waals surface area contributed by atoms with Gasteiger partial charge in [0.15, 0.2) is 5.76 Å². The van der Waals surface area contributed by atoms with E-state index < -0.39 is 26.4 Å². The summed E-state index contributed by atoms with van der Waals surface area (Å²) >= 11 is 0. The maximum Gasteiger partial charge on any atom is 0.238 e. The third-order valence-electron chi connectivity index (χ3n) is 2.03. The first-order valence-electron chi connectivity index (χ1n) is 4.68. The lowest BCUT2D eigenvalue weighted by molar-refractivity contribution is 0.425. The molecule has 0 fully saturated rings. The van der Waals surface area contributed by atoms with Gasteiger partial charge in [0.2, 0.25) is 9.05 Å². The summed E-state index contributed by atoms with van der Waals surface area (Å²) in [7, 11) is 1.28. The Balaban J connectivity index is 2.35. The Labute approximate surface area is 106 Å². The van der Waals surface area contributed by atoms with E-state index in [2.05, 4.69) is 5.16 Å². The molecule has 0 saturated carbocycles. The summed E-state index contributed by atoms with van der Waals surface area (Å²) in [5, 5.41) is 3.45. The van der Waals surface area contributed by atoms with Gasteiger partial charge in [0, 0.05) is 28.4 Å². The van der Waals surface area contributed by atoms with Crippen molar-refractivity contribution in [1.82, 2.24) is 5.16 Å². The van der Waals surface area contributed by atoms with Gasteiger partial charge in [-0.25, -0.2) is 17.2 Å². The molecular weight excluding hydrogens is 288 g/mol. The number of rotatable bonds is 3. The van der Waals surface area contributed by atoms with Gasteiger partial charge in [-0.1, -0.05) is 5.16 Å². The van der Waals surface area contributed by atoms with E-state index >= 15 is 0 Å². The van der Waals surface area contributed by atoms with Crippen LogP contribution in [0.3, 0.4) is 0 Å². The van der Waals surface area contributed by atoms with Crippen LogP contribution in [0.2, 0.25) is 0 Å². The lowest BCUT2D eigenvalue weighted by atomic mass is 10.1. The van der Waals surface area contributed by atoms with Gasteiger partial charge in [0.05, 0.1) is 0 Å². The maximum atomic E-state index is 13.0. The van der Waals surface area contributed by atoms with Crippen molar-refractivity contribution in [1.29, 1.82) is 0 Å². The van der Waals surface area contributed by atoms with Gasteiger partial charge in [-0.2, -0.15) is 0 Å². The molecule has 1 aromatic carbocycles. The van der Waals surface area contributed by atoms with Gasteiger partial charge in [-0.05, 0) is 12.1 Å². The topological polar surface area (TPSA) is 60.2 Å². The molecule has 0 radical (unpaired) electrons. The van der Waals surface area contributed by atoms with Crippen molar-refractivity contribution in [3.63, 3.8) is 0 Å². The van der Waals surface area contributed by atoms with Gasteiger partial charge in [-0.3, -0.25) is 0 Å². The Morgan fingerprint density at radius 3 is 2.33 bits per heavy atom. The van der Waals surface area contributed by atoms with E-state index in [1.807, 2.05) is 0 Å². The van der Waals surface area contributed by atoms with Crippen LogP contribution in [0.5, 0.6) is 0 Å². The molecule has 96 valence electrons. The molecule has 0 aliphatic rings. The first kappa shape index (κ1) is 13.0. The average molecular weight is 294 g/mol. The van der Waals surface area contributed by atoms with Crippen LogP contribution in [0.25, 0.3) is 11.3 Å². The molecule has 8 heteroatoms. The minimum atomic E-state index is -3.76. The molecule has 0 aliphatic carbocycles. The highest BCUT2D eigenvalue weighted by molar-refractivity contribution is 8.13. The van der Waals surface area contributed by atoms with Crippen molar-refractivity contribution in [2.75, 3.05) is 0 Å². The van der Waals surface area contributed by atoms with Crippen LogP contribution in [0.4, 0.5) is 8.78 Å². The van der Waals surface area contributed by atoms with Crippen molar-refractivity contribution in [3.05, 3.63) is 41.6 Å². The van der Waals surface area contributed by atoms with Crippen LogP contribution in [0.15, 0.2) is 28.8 Å². The first-order chi connectivity index (χ1) is 8.33. The fourth-order valence-electron chi connectivity index (χ4n) is 1.39.